The van der Waals surface area contributed by atoms with Crippen LogP contribution in [0.4, 0.5) is 0 Å². The number of esters is 6. The van der Waals surface area contributed by atoms with Crippen LogP contribution in [0.5, 0.6) is 5.75 Å². The Bertz CT molecular complexity index is 1850. The number of unbranched alkanes of at least 4 members (excludes halogenated alkanes) is 2. The molecular weight excluding hydrogens is 821 g/mol. The molecule has 1 aliphatic carbocycles. The van der Waals surface area contributed by atoms with Crippen LogP contribution in [-0.4, -0.2) is 83.1 Å². The fraction of sp³-hybridized carbons (Fsp3) is 0.569. The van der Waals surface area contributed by atoms with Gasteiger partial charge in [0.15, 0.2) is 0 Å². The van der Waals surface area contributed by atoms with E-state index in [0.717, 1.165) is 54.7 Å². The van der Waals surface area contributed by atoms with E-state index in [2.05, 4.69) is 59.9 Å². The second-order valence-electron chi connectivity index (χ2n) is 17.1. The molecule has 352 valence electrons. The van der Waals surface area contributed by atoms with Crippen LogP contribution in [0.15, 0.2) is 60.7 Å². The molecule has 0 saturated heterocycles. The quantitative estimate of drug-likeness (QED) is 0.0261. The summed E-state index contributed by atoms with van der Waals surface area (Å²) in [7, 11) is 2.25. The molecule has 0 heterocycles. The zero-order valence-electron chi connectivity index (χ0n) is 39.0. The summed E-state index contributed by atoms with van der Waals surface area (Å²) < 4.78 is 37.6. The lowest BCUT2D eigenvalue weighted by atomic mass is 9.78. The van der Waals surface area contributed by atoms with Gasteiger partial charge in [0.1, 0.15) is 50.4 Å². The average Bonchev–Trinajstić information content (AvgIpc) is 3.29. The van der Waals surface area contributed by atoms with Gasteiger partial charge in [-0.1, -0.05) is 103 Å². The van der Waals surface area contributed by atoms with Crippen LogP contribution in [0.25, 0.3) is 11.1 Å². The van der Waals surface area contributed by atoms with Crippen LogP contribution in [-0.2, 0) is 76.5 Å². The van der Waals surface area contributed by atoms with E-state index in [-0.39, 0.29) is 24.4 Å². The Morgan fingerprint density at radius 2 is 1.17 bits per heavy atom. The van der Waals surface area contributed by atoms with Crippen molar-refractivity contribution >= 4 is 35.8 Å². The highest BCUT2D eigenvalue weighted by atomic mass is 16.6. The third-order valence-electron chi connectivity index (χ3n) is 11.6. The normalized spacial score (nSPS) is 14.7. The molecule has 0 atom stereocenters. The Kier molecular flexibility index (Phi) is 22.9. The maximum atomic E-state index is 12.7. The fourth-order valence-electron chi connectivity index (χ4n) is 7.59. The SMILES string of the molecule is C=C(C)C(=O)OCCCc1cc(-c2ccc(CCC3CCC(CCCCC)CC3)cc2)c(CC)cc1OCC(COC(=O)CC(=O)OC)(COC(=O)CC(=O)OC)COC(=O)C(=C)C. The molecule has 0 spiro atoms. The van der Waals surface area contributed by atoms with Crippen molar-refractivity contribution in [1.82, 2.24) is 0 Å². The zero-order chi connectivity index (χ0) is 47.1. The first kappa shape index (κ1) is 52.9. The molecule has 0 amide bonds. The highest BCUT2D eigenvalue weighted by molar-refractivity contribution is 5.91. The highest BCUT2D eigenvalue weighted by Gasteiger charge is 2.38. The molecule has 0 radical (unpaired) electrons. The number of hydrogen-bond donors (Lipinski definition) is 0. The van der Waals surface area contributed by atoms with Crippen molar-refractivity contribution in [2.24, 2.45) is 17.3 Å². The number of carbonyl (C=O) groups excluding carboxylic acids is 6. The third kappa shape index (κ3) is 18.3. The van der Waals surface area contributed by atoms with Gasteiger partial charge in [-0.15, -0.1) is 0 Å². The number of rotatable bonds is 28. The standard InChI is InChI=1S/C51H70O13/c1-9-11-12-14-37-16-18-38(19-17-37)20-21-39-22-24-41(25-23-39)43-27-42(15-13-26-60-49(56)35(3)4)44(28-40(43)10-2)61-31-51(34-64-50(57)36(5)6,32-62-47(54)29-45(52)58-7)33-63-48(55)30-46(53)59-8/h22-25,27-28,37-38H,3,5,9-21,26,29-34H2,1-2,4,6-8H3. The summed E-state index contributed by atoms with van der Waals surface area (Å²) in [5.74, 6) is -2.71. The van der Waals surface area contributed by atoms with Gasteiger partial charge in [-0.2, -0.15) is 0 Å². The Labute approximate surface area is 379 Å². The number of aryl methyl sites for hydroxylation is 3. The summed E-state index contributed by atoms with van der Waals surface area (Å²) in [5, 5.41) is 0. The molecule has 0 N–H and O–H groups in total. The van der Waals surface area contributed by atoms with Gasteiger partial charge in [0, 0.05) is 11.1 Å². The summed E-state index contributed by atoms with van der Waals surface area (Å²) in [6.07, 6.45) is 13.0. The number of hydrogen-bond acceptors (Lipinski definition) is 13. The third-order valence-corrected chi connectivity index (χ3v) is 11.6. The summed E-state index contributed by atoms with van der Waals surface area (Å²) in [4.78, 5) is 74.1. The van der Waals surface area contributed by atoms with Gasteiger partial charge < -0.3 is 33.2 Å². The number of ether oxygens (including phenoxy) is 7. The smallest absolute Gasteiger partial charge is 0.333 e. The first-order valence-electron chi connectivity index (χ1n) is 22.6. The molecule has 2 aromatic carbocycles. The average molecular weight is 891 g/mol. The Morgan fingerprint density at radius 3 is 1.70 bits per heavy atom. The maximum Gasteiger partial charge on any atom is 0.333 e. The van der Waals surface area contributed by atoms with Crippen LogP contribution in [0, 0.1) is 17.3 Å². The topological polar surface area (TPSA) is 167 Å². The van der Waals surface area contributed by atoms with E-state index < -0.39 is 73.9 Å². The first-order chi connectivity index (χ1) is 30.6. The van der Waals surface area contributed by atoms with Gasteiger partial charge >= 0.3 is 35.8 Å². The monoisotopic (exact) mass is 890 g/mol. The van der Waals surface area contributed by atoms with Gasteiger partial charge in [-0.3, -0.25) is 19.2 Å². The predicted octanol–water partition coefficient (Wildman–Crippen LogP) is 8.98. The van der Waals surface area contributed by atoms with Gasteiger partial charge in [0.2, 0.25) is 0 Å². The molecule has 1 aliphatic rings. The van der Waals surface area contributed by atoms with Crippen molar-refractivity contribution in [3.63, 3.8) is 0 Å². The molecule has 3 rings (SSSR count). The molecule has 0 aliphatic heterocycles. The van der Waals surface area contributed by atoms with Crippen LogP contribution >= 0.6 is 0 Å². The fourth-order valence-corrected chi connectivity index (χ4v) is 7.59. The molecule has 0 aromatic heterocycles. The molecule has 1 saturated carbocycles. The Balaban J connectivity index is 1.95. The van der Waals surface area contributed by atoms with E-state index in [1.165, 1.54) is 70.3 Å². The van der Waals surface area contributed by atoms with E-state index in [1.807, 2.05) is 13.0 Å². The van der Waals surface area contributed by atoms with Crippen molar-refractivity contribution in [1.29, 1.82) is 0 Å². The van der Waals surface area contributed by atoms with Crippen molar-refractivity contribution in [3.8, 4) is 16.9 Å². The Morgan fingerprint density at radius 1 is 0.625 bits per heavy atom. The molecule has 13 nitrogen and oxygen atoms in total. The van der Waals surface area contributed by atoms with E-state index in [1.54, 1.807) is 6.92 Å². The molecule has 0 bridgehead atoms. The maximum absolute atomic E-state index is 12.7. The van der Waals surface area contributed by atoms with E-state index in [0.29, 0.717) is 25.0 Å². The van der Waals surface area contributed by atoms with Gasteiger partial charge in [-0.25, -0.2) is 9.59 Å². The van der Waals surface area contributed by atoms with E-state index in [4.69, 9.17) is 23.7 Å². The van der Waals surface area contributed by atoms with Crippen LogP contribution in [0.3, 0.4) is 0 Å². The number of carbonyl (C=O) groups is 6. The summed E-state index contributed by atoms with van der Waals surface area (Å²) in [6, 6.07) is 12.7. The molecule has 64 heavy (non-hydrogen) atoms. The molecule has 0 unspecified atom stereocenters. The van der Waals surface area contributed by atoms with Gasteiger partial charge in [0.05, 0.1) is 20.8 Å². The van der Waals surface area contributed by atoms with Crippen molar-refractivity contribution in [2.75, 3.05) is 47.3 Å². The van der Waals surface area contributed by atoms with Crippen molar-refractivity contribution in [3.05, 3.63) is 77.4 Å². The summed E-state index contributed by atoms with van der Waals surface area (Å²) in [6.45, 7) is 12.9. The van der Waals surface area contributed by atoms with Crippen LogP contribution in [0.1, 0.15) is 121 Å². The van der Waals surface area contributed by atoms with Crippen molar-refractivity contribution < 1.29 is 61.9 Å². The van der Waals surface area contributed by atoms with Crippen molar-refractivity contribution in [2.45, 2.75) is 124 Å². The lowest BCUT2D eigenvalue weighted by molar-refractivity contribution is -0.165. The molecule has 13 heteroatoms. The van der Waals surface area contributed by atoms with E-state index in [9.17, 15) is 28.8 Å². The predicted molar refractivity (Wildman–Crippen MR) is 242 cm³/mol. The van der Waals surface area contributed by atoms with Gasteiger partial charge in [0.25, 0.3) is 0 Å². The van der Waals surface area contributed by atoms with Crippen LogP contribution in [0.2, 0.25) is 0 Å². The lowest BCUT2D eigenvalue weighted by Crippen LogP contribution is -2.44. The van der Waals surface area contributed by atoms with Crippen LogP contribution < -0.4 is 4.74 Å². The molecule has 2 aromatic rings. The van der Waals surface area contributed by atoms with Gasteiger partial charge in [-0.05, 0) is 97.7 Å². The summed E-state index contributed by atoms with van der Waals surface area (Å²) >= 11 is 0. The molecule has 1 fully saturated rings. The van der Waals surface area contributed by atoms with E-state index >= 15 is 0 Å². The minimum Gasteiger partial charge on any atom is -0.492 e. The molecular formula is C51H70O13. The minimum absolute atomic E-state index is 0.0847. The largest absolute Gasteiger partial charge is 0.492 e. The zero-order valence-corrected chi connectivity index (χ0v) is 39.0. The first-order valence-corrected chi connectivity index (χ1v) is 22.6. The summed E-state index contributed by atoms with van der Waals surface area (Å²) in [5.41, 5.74) is 3.91. The number of benzene rings is 2. The highest BCUT2D eigenvalue weighted by Crippen LogP contribution is 2.36. The number of methoxy groups -OCH3 is 2. The Hall–Kier alpha value is -5.46. The second kappa shape index (κ2) is 27.7. The second-order valence-corrected chi connectivity index (χ2v) is 17.1. The minimum atomic E-state index is -1.55. The lowest BCUT2D eigenvalue weighted by Gasteiger charge is -2.32.